The van der Waals surface area contributed by atoms with E-state index in [4.69, 9.17) is 5.26 Å². The molecule has 248 valence electrons. The van der Waals surface area contributed by atoms with Crippen molar-refractivity contribution in [2.75, 3.05) is 16.3 Å². The molecule has 0 bridgehead atoms. The van der Waals surface area contributed by atoms with E-state index in [0.717, 1.165) is 10.9 Å². The molecule has 4 aromatic rings. The van der Waals surface area contributed by atoms with Crippen molar-refractivity contribution in [3.63, 3.8) is 0 Å². The van der Waals surface area contributed by atoms with Gasteiger partial charge in [-0.2, -0.15) is 49.6 Å². The number of benzene rings is 3. The zero-order valence-electron chi connectivity index (χ0n) is 24.8. The van der Waals surface area contributed by atoms with Crippen LogP contribution >= 0.6 is 0 Å². The molecule has 5 rings (SSSR count). The maximum Gasteiger partial charge on any atom is 0.416 e. The summed E-state index contributed by atoms with van der Waals surface area (Å²) >= 11 is 0. The van der Waals surface area contributed by atoms with Crippen molar-refractivity contribution >= 4 is 11.6 Å². The number of nitrogens with zero attached hydrogens (tertiary/aromatic N) is 7. The molecule has 0 N–H and O–H groups in total. The van der Waals surface area contributed by atoms with Crippen molar-refractivity contribution < 1.29 is 39.5 Å². The van der Waals surface area contributed by atoms with Gasteiger partial charge in [0, 0.05) is 25.3 Å². The number of rotatable bonds is 6. The molecule has 0 saturated heterocycles. The van der Waals surface area contributed by atoms with Gasteiger partial charge in [0.15, 0.2) is 0 Å². The van der Waals surface area contributed by atoms with Gasteiger partial charge in [0.25, 0.3) is 5.95 Å². The lowest BCUT2D eigenvalue weighted by Gasteiger charge is -2.33. The summed E-state index contributed by atoms with van der Waals surface area (Å²) in [6, 6.07) is 11.3. The van der Waals surface area contributed by atoms with E-state index in [-0.39, 0.29) is 48.3 Å². The molecule has 7 nitrogen and oxygen atoms in total. The van der Waals surface area contributed by atoms with E-state index < -0.39 is 47.8 Å². The van der Waals surface area contributed by atoms with E-state index in [1.54, 1.807) is 29.2 Å². The second-order valence-electron chi connectivity index (χ2n) is 11.2. The molecule has 0 radical (unpaired) electrons. The first kappa shape index (κ1) is 33.6. The second kappa shape index (κ2) is 12.4. The van der Waals surface area contributed by atoms with Crippen LogP contribution in [0.15, 0.2) is 54.6 Å². The molecule has 16 heteroatoms. The van der Waals surface area contributed by atoms with E-state index >= 15 is 0 Å². The highest BCUT2D eigenvalue weighted by molar-refractivity contribution is 5.62. The van der Waals surface area contributed by atoms with E-state index in [2.05, 4.69) is 15.4 Å². The molecular weight excluding hydrogens is 641 g/mol. The Hall–Kier alpha value is -4.81. The first-order chi connectivity index (χ1) is 21.9. The third kappa shape index (κ3) is 7.44. The summed E-state index contributed by atoms with van der Waals surface area (Å²) in [4.78, 5) is 4.17. The summed E-state index contributed by atoms with van der Waals surface area (Å²) in [5.41, 5.74) is -2.73. The highest BCUT2D eigenvalue weighted by Crippen LogP contribution is 2.44. The van der Waals surface area contributed by atoms with Crippen LogP contribution in [-0.2, 0) is 38.7 Å². The van der Waals surface area contributed by atoms with Crippen molar-refractivity contribution in [2.24, 2.45) is 7.05 Å². The van der Waals surface area contributed by atoms with Crippen molar-refractivity contribution in [3.8, 4) is 6.07 Å². The maximum atomic E-state index is 14.2. The van der Waals surface area contributed by atoms with Gasteiger partial charge in [-0.3, -0.25) is 0 Å². The van der Waals surface area contributed by atoms with Gasteiger partial charge in [-0.05, 0) is 83.6 Å². The minimum absolute atomic E-state index is 0.0262. The molecular formula is C31H26F9N7. The number of nitriles is 1. The fourth-order valence-electron chi connectivity index (χ4n) is 5.73. The van der Waals surface area contributed by atoms with E-state index in [1.165, 1.54) is 24.9 Å². The number of anilines is 2. The molecule has 2 heterocycles. The molecule has 3 aromatic carbocycles. The SMILES string of the molecule is Cc1cc2c(cc1C(F)(F)F)N(Cc1ccc(C#N)cc1)CCCC2N(Cc1cc(C(F)(F)F)cc(C(F)(F)F)c1)c1nnn(C)n1. The molecule has 0 spiro atoms. The lowest BCUT2D eigenvalue weighted by molar-refractivity contribution is -0.143. The number of fused-ring (bicyclic) bond motifs is 1. The number of halogens is 9. The van der Waals surface area contributed by atoms with Crippen molar-refractivity contribution in [2.45, 2.75) is 57.4 Å². The first-order valence-corrected chi connectivity index (χ1v) is 14.2. The number of alkyl halides is 9. The first-order valence-electron chi connectivity index (χ1n) is 14.2. The third-order valence-corrected chi connectivity index (χ3v) is 7.87. The Labute approximate surface area is 262 Å². The van der Waals surface area contributed by atoms with Crippen molar-refractivity contribution in [3.05, 3.63) is 99.1 Å². The molecule has 1 aromatic heterocycles. The highest BCUT2D eigenvalue weighted by Gasteiger charge is 2.39. The Morgan fingerprint density at radius 1 is 0.872 bits per heavy atom. The van der Waals surface area contributed by atoms with Gasteiger partial charge in [0.2, 0.25) is 0 Å². The van der Waals surface area contributed by atoms with Gasteiger partial charge in [-0.15, -0.1) is 5.10 Å². The van der Waals surface area contributed by atoms with Gasteiger partial charge in [0.05, 0.1) is 41.4 Å². The monoisotopic (exact) mass is 667 g/mol. The molecule has 0 aliphatic carbocycles. The number of tetrazole rings is 1. The molecule has 0 saturated carbocycles. The molecule has 1 atom stereocenters. The Kier molecular flexibility index (Phi) is 8.87. The topological polar surface area (TPSA) is 73.9 Å². The molecule has 0 amide bonds. The van der Waals surface area contributed by atoms with Gasteiger partial charge >= 0.3 is 18.5 Å². The lowest BCUT2D eigenvalue weighted by Crippen LogP contribution is -2.30. The Balaban J connectivity index is 1.66. The number of aryl methyl sites for hydroxylation is 2. The quantitative estimate of drug-likeness (QED) is 0.194. The molecule has 47 heavy (non-hydrogen) atoms. The summed E-state index contributed by atoms with van der Waals surface area (Å²) in [5, 5.41) is 21.1. The average molecular weight is 668 g/mol. The zero-order chi connectivity index (χ0) is 34.3. The summed E-state index contributed by atoms with van der Waals surface area (Å²) in [6.07, 6.45) is -14.3. The normalized spacial score (nSPS) is 15.6. The highest BCUT2D eigenvalue weighted by atomic mass is 19.4. The molecule has 1 aliphatic heterocycles. The maximum absolute atomic E-state index is 14.2. The minimum atomic E-state index is -5.09. The van der Waals surface area contributed by atoms with Gasteiger partial charge in [0.1, 0.15) is 0 Å². The fraction of sp³-hybridized carbons (Fsp3) is 0.355. The van der Waals surface area contributed by atoms with E-state index in [1.807, 2.05) is 6.07 Å². The van der Waals surface area contributed by atoms with Gasteiger partial charge in [-0.25, -0.2) is 0 Å². The molecule has 1 unspecified atom stereocenters. The summed E-state index contributed by atoms with van der Waals surface area (Å²) < 4.78 is 125. The minimum Gasteiger partial charge on any atom is -0.367 e. The van der Waals surface area contributed by atoms with Crippen LogP contribution < -0.4 is 9.80 Å². The second-order valence-corrected chi connectivity index (χ2v) is 11.2. The smallest absolute Gasteiger partial charge is 0.367 e. The third-order valence-electron chi connectivity index (χ3n) is 7.87. The summed E-state index contributed by atoms with van der Waals surface area (Å²) in [5.74, 6) is -0.132. The van der Waals surface area contributed by atoms with Gasteiger partial charge in [-0.1, -0.05) is 23.3 Å². The van der Waals surface area contributed by atoms with Crippen LogP contribution in [0, 0.1) is 18.3 Å². The van der Waals surface area contributed by atoms with Crippen LogP contribution in [0.25, 0.3) is 0 Å². The predicted octanol–water partition coefficient (Wildman–Crippen LogP) is 7.99. The van der Waals surface area contributed by atoms with Crippen molar-refractivity contribution in [1.82, 2.24) is 20.2 Å². The standard InChI is InChI=1S/C31H26F9N7/c1-18-10-24-26(4-3-9-46(27(24)14-25(18)31(38,39)40)16-20-7-5-19(15-41)6-8-20)47(28-42-44-45(2)43-28)17-21-11-22(29(32,33)34)13-23(12-21)30(35,36)37/h5-8,10-14,26H,3-4,9,16-17H2,1-2H3. The largest absolute Gasteiger partial charge is 0.416 e. The Morgan fingerprint density at radius 3 is 2.04 bits per heavy atom. The number of hydrogen-bond acceptors (Lipinski definition) is 6. The van der Waals surface area contributed by atoms with Crippen LogP contribution in [0.5, 0.6) is 0 Å². The van der Waals surface area contributed by atoms with Crippen LogP contribution in [-0.4, -0.2) is 26.8 Å². The van der Waals surface area contributed by atoms with E-state index in [0.29, 0.717) is 35.2 Å². The molecule has 0 fully saturated rings. The summed E-state index contributed by atoms with van der Waals surface area (Å²) in [6.45, 7) is 1.17. The van der Waals surface area contributed by atoms with Gasteiger partial charge < -0.3 is 9.80 Å². The Morgan fingerprint density at radius 2 is 1.51 bits per heavy atom. The van der Waals surface area contributed by atoms with Crippen LogP contribution in [0.2, 0.25) is 0 Å². The predicted molar refractivity (Wildman–Crippen MR) is 152 cm³/mol. The lowest BCUT2D eigenvalue weighted by atomic mass is 9.94. The number of hydrogen-bond donors (Lipinski definition) is 0. The van der Waals surface area contributed by atoms with Crippen LogP contribution in [0.3, 0.4) is 0 Å². The van der Waals surface area contributed by atoms with Crippen LogP contribution in [0.4, 0.5) is 51.1 Å². The molecule has 1 aliphatic rings. The Bertz CT molecular complexity index is 1750. The van der Waals surface area contributed by atoms with E-state index in [9.17, 15) is 39.5 Å². The number of aromatic nitrogens is 4. The van der Waals surface area contributed by atoms with Crippen molar-refractivity contribution in [1.29, 1.82) is 5.26 Å². The van der Waals surface area contributed by atoms with Crippen LogP contribution in [0.1, 0.15) is 63.4 Å². The zero-order valence-corrected chi connectivity index (χ0v) is 24.8. The fourth-order valence-corrected chi connectivity index (χ4v) is 5.73. The summed E-state index contributed by atoms with van der Waals surface area (Å²) in [7, 11) is 1.42. The average Bonchev–Trinajstić information content (AvgIpc) is 3.34.